The van der Waals surface area contributed by atoms with Crippen LogP contribution in [0, 0.1) is 12.7 Å². The smallest absolute Gasteiger partial charge is 0.338 e. The minimum Gasteiger partial charge on any atom is -0.338 e. The summed E-state index contributed by atoms with van der Waals surface area (Å²) in [4.78, 5) is 24.5. The Balaban J connectivity index is 1.80. The molecule has 5 nitrogen and oxygen atoms in total. The molecule has 0 aliphatic rings. The summed E-state index contributed by atoms with van der Waals surface area (Å²) in [5.74, 6) is -1.51. The number of amides is 1. The van der Waals surface area contributed by atoms with Crippen LogP contribution in [0.2, 0.25) is 0 Å². The van der Waals surface area contributed by atoms with E-state index in [1.807, 2.05) is 6.92 Å². The quantitative estimate of drug-likeness (QED) is 0.436. The van der Waals surface area contributed by atoms with E-state index >= 15 is 0 Å². The van der Waals surface area contributed by atoms with Gasteiger partial charge in [0.1, 0.15) is 17.2 Å². The molecule has 0 saturated carbocycles. The van der Waals surface area contributed by atoms with E-state index in [0.29, 0.717) is 16.7 Å². The van der Waals surface area contributed by atoms with Crippen LogP contribution < -0.4 is 5.32 Å². The maximum atomic E-state index is 13.6. The number of aryl methyl sites for hydroxylation is 1. The molecular weight excluding hydrogens is 408 g/mol. The first kappa shape index (κ1) is 19.1. The second-order valence-corrected chi connectivity index (χ2v) is 7.44. The molecule has 0 bridgehead atoms. The Bertz CT molecular complexity index is 1230. The van der Waals surface area contributed by atoms with Gasteiger partial charge >= 0.3 is 6.18 Å². The van der Waals surface area contributed by atoms with E-state index in [2.05, 4.69) is 20.3 Å². The number of benzene rings is 2. The molecule has 0 aliphatic heterocycles. The summed E-state index contributed by atoms with van der Waals surface area (Å²) in [7, 11) is 0. The van der Waals surface area contributed by atoms with Crippen LogP contribution in [-0.4, -0.2) is 20.9 Å². The van der Waals surface area contributed by atoms with Crippen molar-refractivity contribution in [2.75, 3.05) is 5.32 Å². The minimum absolute atomic E-state index is 0.155. The van der Waals surface area contributed by atoms with Crippen molar-refractivity contribution in [2.45, 2.75) is 13.1 Å². The second-order valence-electron chi connectivity index (χ2n) is 6.21. The van der Waals surface area contributed by atoms with Crippen LogP contribution in [0.3, 0.4) is 0 Å². The van der Waals surface area contributed by atoms with Gasteiger partial charge < -0.3 is 4.98 Å². The molecule has 2 N–H and O–H groups in total. The fourth-order valence-electron chi connectivity index (χ4n) is 2.88. The zero-order valence-electron chi connectivity index (χ0n) is 14.8. The van der Waals surface area contributed by atoms with Gasteiger partial charge in [-0.25, -0.2) is 14.4 Å². The molecule has 0 atom stereocenters. The lowest BCUT2D eigenvalue weighted by Crippen LogP contribution is -2.12. The lowest BCUT2D eigenvalue weighted by Gasteiger charge is -2.11. The Labute approximate surface area is 165 Å². The maximum Gasteiger partial charge on any atom is 0.417 e. The van der Waals surface area contributed by atoms with Gasteiger partial charge in [-0.2, -0.15) is 13.2 Å². The molecule has 0 fully saturated rings. The van der Waals surface area contributed by atoms with Gasteiger partial charge in [0, 0.05) is 16.6 Å². The highest BCUT2D eigenvalue weighted by Crippen LogP contribution is 2.37. The first-order valence-electron chi connectivity index (χ1n) is 8.32. The normalized spacial score (nSPS) is 11.8. The predicted molar refractivity (Wildman–Crippen MR) is 101 cm³/mol. The number of carbonyl (C=O) groups is 1. The molecule has 0 unspecified atom stereocenters. The van der Waals surface area contributed by atoms with Gasteiger partial charge in [-0.15, -0.1) is 11.3 Å². The number of fused-ring (bicyclic) bond motifs is 1. The van der Waals surface area contributed by atoms with Gasteiger partial charge in [0.2, 0.25) is 0 Å². The maximum absolute atomic E-state index is 13.6. The van der Waals surface area contributed by atoms with Crippen LogP contribution in [0.15, 0.2) is 42.6 Å². The van der Waals surface area contributed by atoms with Gasteiger partial charge in [0.25, 0.3) is 5.91 Å². The highest BCUT2D eigenvalue weighted by Gasteiger charge is 2.34. The van der Waals surface area contributed by atoms with Crippen LogP contribution >= 0.6 is 11.3 Å². The lowest BCUT2D eigenvalue weighted by molar-refractivity contribution is -0.137. The summed E-state index contributed by atoms with van der Waals surface area (Å²) < 4.78 is 53.7. The van der Waals surface area contributed by atoms with Crippen LogP contribution in [-0.2, 0) is 6.18 Å². The summed E-state index contributed by atoms with van der Waals surface area (Å²) in [5.41, 5.74) is -0.786. The molecule has 0 spiro atoms. The molecule has 4 aromatic rings. The van der Waals surface area contributed by atoms with E-state index in [0.717, 1.165) is 17.0 Å². The number of carbonyl (C=O) groups excluding carboxylic acids is 1. The highest BCUT2D eigenvalue weighted by atomic mass is 32.1. The highest BCUT2D eigenvalue weighted by molar-refractivity contribution is 7.15. The van der Waals surface area contributed by atoms with E-state index < -0.39 is 29.0 Å². The fourth-order valence-corrected chi connectivity index (χ4v) is 3.54. The predicted octanol–water partition coefficient (Wildman–Crippen LogP) is 5.41. The van der Waals surface area contributed by atoms with Crippen molar-refractivity contribution in [3.63, 3.8) is 0 Å². The van der Waals surface area contributed by atoms with Gasteiger partial charge in [0.15, 0.2) is 5.13 Å². The SMILES string of the molecule is Cc1cnc(NC(=O)c2cccc3[nH]c(-c4cc(F)ccc4C(F)(F)F)nc23)s1. The topological polar surface area (TPSA) is 70.7 Å². The van der Waals surface area contributed by atoms with Crippen LogP contribution in [0.5, 0.6) is 0 Å². The molecule has 2 aromatic heterocycles. The summed E-state index contributed by atoms with van der Waals surface area (Å²) in [6.07, 6.45) is -3.08. The molecule has 0 radical (unpaired) electrons. The monoisotopic (exact) mass is 420 g/mol. The summed E-state index contributed by atoms with van der Waals surface area (Å²) in [5, 5.41) is 3.03. The lowest BCUT2D eigenvalue weighted by atomic mass is 10.1. The average molecular weight is 420 g/mol. The molecule has 0 aliphatic carbocycles. The number of halogens is 4. The Morgan fingerprint density at radius 3 is 2.69 bits per heavy atom. The van der Waals surface area contributed by atoms with E-state index in [1.54, 1.807) is 18.3 Å². The molecule has 4 rings (SSSR count). The number of hydrogen-bond acceptors (Lipinski definition) is 4. The Kier molecular flexibility index (Phi) is 4.58. The minimum atomic E-state index is -4.69. The van der Waals surface area contributed by atoms with Crippen LogP contribution in [0.25, 0.3) is 22.4 Å². The summed E-state index contributed by atoms with van der Waals surface area (Å²) >= 11 is 1.29. The standard InChI is InChI=1S/C19H12F4N4OS/c1-9-8-24-18(29-9)27-17(28)11-3-2-4-14-15(11)26-16(25-14)12-7-10(20)5-6-13(12)19(21,22)23/h2-8H,1H3,(H,25,26)(H,24,27,28). The van der Waals surface area contributed by atoms with E-state index in [1.165, 1.54) is 17.4 Å². The zero-order chi connectivity index (χ0) is 20.8. The molecule has 29 heavy (non-hydrogen) atoms. The van der Waals surface area contributed by atoms with Crippen LogP contribution in [0.1, 0.15) is 20.8 Å². The zero-order valence-corrected chi connectivity index (χ0v) is 15.6. The molecule has 148 valence electrons. The number of thiazole rings is 1. The van der Waals surface area contributed by atoms with Crippen LogP contribution in [0.4, 0.5) is 22.7 Å². The first-order chi connectivity index (χ1) is 13.7. The number of aromatic amines is 1. The first-order valence-corrected chi connectivity index (χ1v) is 9.13. The number of rotatable bonds is 3. The molecular formula is C19H12F4N4OS. The van der Waals surface area contributed by atoms with Crippen molar-refractivity contribution in [3.05, 3.63) is 64.4 Å². The summed E-state index contributed by atoms with van der Waals surface area (Å²) in [6.45, 7) is 1.84. The average Bonchev–Trinajstić information content (AvgIpc) is 3.26. The number of para-hydroxylation sites is 1. The number of imidazole rings is 1. The molecule has 2 aromatic carbocycles. The Morgan fingerprint density at radius 2 is 2.00 bits per heavy atom. The molecule has 0 saturated heterocycles. The molecule has 10 heteroatoms. The summed E-state index contributed by atoms with van der Waals surface area (Å²) in [6, 6.07) is 6.81. The van der Waals surface area contributed by atoms with Crippen molar-refractivity contribution in [1.82, 2.24) is 15.0 Å². The third-order valence-corrected chi connectivity index (χ3v) is 4.97. The third-order valence-electron chi connectivity index (χ3n) is 4.14. The van der Waals surface area contributed by atoms with Crippen molar-refractivity contribution < 1.29 is 22.4 Å². The number of nitrogens with zero attached hydrogens (tertiary/aromatic N) is 2. The van der Waals surface area contributed by atoms with E-state index in [9.17, 15) is 22.4 Å². The van der Waals surface area contributed by atoms with Gasteiger partial charge in [0.05, 0.1) is 16.6 Å². The molecule has 2 heterocycles. The third kappa shape index (κ3) is 3.70. The Hall–Kier alpha value is -3.27. The number of H-pyrrole nitrogens is 1. The van der Waals surface area contributed by atoms with Gasteiger partial charge in [-0.05, 0) is 37.3 Å². The number of aromatic nitrogens is 3. The van der Waals surface area contributed by atoms with Gasteiger partial charge in [-0.3, -0.25) is 10.1 Å². The Morgan fingerprint density at radius 1 is 1.21 bits per heavy atom. The van der Waals surface area contributed by atoms with Gasteiger partial charge in [-0.1, -0.05) is 6.07 Å². The van der Waals surface area contributed by atoms with E-state index in [-0.39, 0.29) is 16.9 Å². The second kappa shape index (κ2) is 6.96. The van der Waals surface area contributed by atoms with E-state index in [4.69, 9.17) is 0 Å². The van der Waals surface area contributed by atoms with Crippen molar-refractivity contribution in [3.8, 4) is 11.4 Å². The van der Waals surface area contributed by atoms with Crippen molar-refractivity contribution >= 4 is 33.4 Å². The fraction of sp³-hybridized carbons (Fsp3) is 0.105. The molecule has 1 amide bonds. The van der Waals surface area contributed by atoms with Crippen molar-refractivity contribution in [1.29, 1.82) is 0 Å². The largest absolute Gasteiger partial charge is 0.417 e. The number of alkyl halides is 3. The van der Waals surface area contributed by atoms with Crippen molar-refractivity contribution in [2.24, 2.45) is 0 Å². The number of anilines is 1. The number of hydrogen-bond donors (Lipinski definition) is 2. The number of nitrogens with one attached hydrogen (secondary N) is 2.